The second kappa shape index (κ2) is 7.74. The molecule has 0 aliphatic heterocycles. The summed E-state index contributed by atoms with van der Waals surface area (Å²) in [5.74, 6) is -0.307. The molecule has 1 aromatic rings. The van der Waals surface area contributed by atoms with Crippen molar-refractivity contribution in [2.45, 2.75) is 18.2 Å². The Hall–Kier alpha value is -1.16. The topological polar surface area (TPSA) is 104 Å². The standard InChI is InChI=1S/C12H21N3O4S2/c1-3-8-14-11-4-6-12(7-5-11)21(18,19)15-9-10-20(16,17)13-2/h4-7,13-15H,3,8-10H2,1-2H3. The first kappa shape index (κ1) is 17.9. The monoisotopic (exact) mass is 335 g/mol. The van der Waals surface area contributed by atoms with Crippen LogP contribution < -0.4 is 14.8 Å². The highest BCUT2D eigenvalue weighted by atomic mass is 32.2. The molecule has 1 aromatic carbocycles. The Kier molecular flexibility index (Phi) is 6.59. The first-order valence-electron chi connectivity index (χ1n) is 6.55. The van der Waals surface area contributed by atoms with Crippen molar-refractivity contribution in [1.29, 1.82) is 0 Å². The molecule has 0 aliphatic carbocycles. The Morgan fingerprint density at radius 2 is 1.62 bits per heavy atom. The van der Waals surface area contributed by atoms with E-state index in [0.717, 1.165) is 18.7 Å². The van der Waals surface area contributed by atoms with Gasteiger partial charge >= 0.3 is 0 Å². The maximum absolute atomic E-state index is 12.0. The van der Waals surface area contributed by atoms with Gasteiger partial charge in [-0.3, -0.25) is 0 Å². The molecule has 7 nitrogen and oxygen atoms in total. The van der Waals surface area contributed by atoms with Gasteiger partial charge in [0.05, 0.1) is 10.6 Å². The molecule has 0 amide bonds. The van der Waals surface area contributed by atoms with Crippen molar-refractivity contribution < 1.29 is 16.8 Å². The van der Waals surface area contributed by atoms with Crippen LogP contribution in [0.15, 0.2) is 29.2 Å². The first-order valence-corrected chi connectivity index (χ1v) is 9.69. The Bertz CT molecular complexity index is 640. The Balaban J connectivity index is 2.66. The van der Waals surface area contributed by atoms with Crippen molar-refractivity contribution in [3.63, 3.8) is 0 Å². The fraction of sp³-hybridized carbons (Fsp3) is 0.500. The fourth-order valence-electron chi connectivity index (χ4n) is 1.52. The Morgan fingerprint density at radius 1 is 1.00 bits per heavy atom. The molecule has 0 aliphatic rings. The first-order chi connectivity index (χ1) is 9.80. The molecule has 0 fully saturated rings. The highest BCUT2D eigenvalue weighted by Crippen LogP contribution is 2.13. The molecule has 0 bridgehead atoms. The number of hydrogen-bond donors (Lipinski definition) is 3. The summed E-state index contributed by atoms with van der Waals surface area (Å²) in [6.45, 7) is 2.67. The number of rotatable bonds is 9. The van der Waals surface area contributed by atoms with Crippen LogP contribution in [0.1, 0.15) is 13.3 Å². The molecule has 0 atom stereocenters. The Labute approximate surface area is 126 Å². The lowest BCUT2D eigenvalue weighted by Crippen LogP contribution is -2.32. The third-order valence-electron chi connectivity index (χ3n) is 2.72. The minimum Gasteiger partial charge on any atom is -0.385 e. The lowest BCUT2D eigenvalue weighted by atomic mass is 10.3. The van der Waals surface area contributed by atoms with Crippen LogP contribution in [0.25, 0.3) is 0 Å². The van der Waals surface area contributed by atoms with E-state index in [4.69, 9.17) is 0 Å². The molecule has 0 saturated carbocycles. The SMILES string of the molecule is CCCNc1ccc(S(=O)(=O)NCCS(=O)(=O)NC)cc1. The van der Waals surface area contributed by atoms with Gasteiger partial charge in [0.15, 0.2) is 0 Å². The molecule has 1 rings (SSSR count). The molecule has 120 valence electrons. The second-order valence-corrected chi connectivity index (χ2v) is 8.18. The van der Waals surface area contributed by atoms with E-state index in [0.29, 0.717) is 0 Å². The van der Waals surface area contributed by atoms with E-state index in [9.17, 15) is 16.8 Å². The van der Waals surface area contributed by atoms with Gasteiger partial charge in [0.2, 0.25) is 20.0 Å². The van der Waals surface area contributed by atoms with Crippen LogP contribution in [0, 0.1) is 0 Å². The summed E-state index contributed by atoms with van der Waals surface area (Å²) in [6, 6.07) is 6.31. The molecular formula is C12H21N3O4S2. The summed E-state index contributed by atoms with van der Waals surface area (Å²) < 4.78 is 50.8. The maximum Gasteiger partial charge on any atom is 0.240 e. The minimum atomic E-state index is -3.70. The van der Waals surface area contributed by atoms with Gasteiger partial charge in [0.25, 0.3) is 0 Å². The maximum atomic E-state index is 12.0. The number of nitrogens with one attached hydrogen (secondary N) is 3. The smallest absolute Gasteiger partial charge is 0.240 e. The van der Waals surface area contributed by atoms with Gasteiger partial charge in [-0.25, -0.2) is 26.3 Å². The zero-order chi connectivity index (χ0) is 15.9. The average molecular weight is 335 g/mol. The molecule has 0 spiro atoms. The van der Waals surface area contributed by atoms with E-state index in [2.05, 4.69) is 14.8 Å². The van der Waals surface area contributed by atoms with E-state index >= 15 is 0 Å². The molecule has 3 N–H and O–H groups in total. The summed E-state index contributed by atoms with van der Waals surface area (Å²) in [6.07, 6.45) is 0.974. The van der Waals surface area contributed by atoms with Gasteiger partial charge in [-0.15, -0.1) is 0 Å². The number of hydrogen-bond acceptors (Lipinski definition) is 5. The summed E-state index contributed by atoms with van der Waals surface area (Å²) in [7, 11) is -5.84. The summed E-state index contributed by atoms with van der Waals surface area (Å²) >= 11 is 0. The van der Waals surface area contributed by atoms with Gasteiger partial charge in [0, 0.05) is 18.8 Å². The van der Waals surface area contributed by atoms with Crippen molar-refractivity contribution in [2.75, 3.05) is 31.2 Å². The summed E-state index contributed by atoms with van der Waals surface area (Å²) in [4.78, 5) is 0.103. The summed E-state index contributed by atoms with van der Waals surface area (Å²) in [5, 5.41) is 3.14. The summed E-state index contributed by atoms with van der Waals surface area (Å²) in [5.41, 5.74) is 0.841. The van der Waals surface area contributed by atoms with Crippen LogP contribution in [0.4, 0.5) is 5.69 Å². The van der Waals surface area contributed by atoms with Gasteiger partial charge in [0.1, 0.15) is 0 Å². The minimum absolute atomic E-state index is 0.103. The zero-order valence-corrected chi connectivity index (χ0v) is 13.7. The highest BCUT2D eigenvalue weighted by molar-refractivity contribution is 7.90. The molecule has 0 unspecified atom stereocenters. The fourth-order valence-corrected chi connectivity index (χ4v) is 3.25. The van der Waals surface area contributed by atoms with Crippen LogP contribution in [0.3, 0.4) is 0 Å². The van der Waals surface area contributed by atoms with Crippen molar-refractivity contribution >= 4 is 25.7 Å². The molecule has 0 heterocycles. The zero-order valence-electron chi connectivity index (χ0n) is 12.1. The van der Waals surface area contributed by atoms with Crippen molar-refractivity contribution in [3.8, 4) is 0 Å². The van der Waals surface area contributed by atoms with E-state index in [1.54, 1.807) is 12.1 Å². The van der Waals surface area contributed by atoms with Crippen molar-refractivity contribution in [2.24, 2.45) is 0 Å². The van der Waals surface area contributed by atoms with Crippen LogP contribution in [0.5, 0.6) is 0 Å². The predicted octanol–water partition coefficient (Wildman–Crippen LogP) is 0.336. The molecule has 0 aromatic heterocycles. The predicted molar refractivity (Wildman–Crippen MR) is 83.3 cm³/mol. The quantitative estimate of drug-likeness (QED) is 0.603. The lowest BCUT2D eigenvalue weighted by molar-refractivity contribution is 0.578. The largest absolute Gasteiger partial charge is 0.385 e. The third kappa shape index (κ3) is 6.00. The number of sulfonamides is 2. The van der Waals surface area contributed by atoms with Gasteiger partial charge in [-0.05, 0) is 37.7 Å². The van der Waals surface area contributed by atoms with E-state index in [-0.39, 0.29) is 17.2 Å². The second-order valence-electron chi connectivity index (χ2n) is 4.37. The van der Waals surface area contributed by atoms with E-state index in [1.165, 1.54) is 19.2 Å². The molecular weight excluding hydrogens is 314 g/mol. The number of benzene rings is 1. The molecule has 21 heavy (non-hydrogen) atoms. The van der Waals surface area contributed by atoms with E-state index < -0.39 is 20.0 Å². The van der Waals surface area contributed by atoms with Gasteiger partial charge in [-0.1, -0.05) is 6.92 Å². The highest BCUT2D eigenvalue weighted by Gasteiger charge is 2.15. The van der Waals surface area contributed by atoms with Crippen LogP contribution in [-0.4, -0.2) is 42.7 Å². The van der Waals surface area contributed by atoms with E-state index in [1.807, 2.05) is 6.92 Å². The number of anilines is 1. The van der Waals surface area contributed by atoms with Crippen molar-refractivity contribution in [3.05, 3.63) is 24.3 Å². The van der Waals surface area contributed by atoms with Crippen LogP contribution in [0.2, 0.25) is 0 Å². The van der Waals surface area contributed by atoms with Crippen molar-refractivity contribution in [1.82, 2.24) is 9.44 Å². The van der Waals surface area contributed by atoms with Crippen LogP contribution >= 0.6 is 0 Å². The van der Waals surface area contributed by atoms with Crippen LogP contribution in [-0.2, 0) is 20.0 Å². The van der Waals surface area contributed by atoms with Gasteiger partial charge < -0.3 is 5.32 Å². The average Bonchev–Trinajstić information content (AvgIpc) is 2.45. The third-order valence-corrected chi connectivity index (χ3v) is 5.56. The molecule has 0 radical (unpaired) electrons. The van der Waals surface area contributed by atoms with Gasteiger partial charge in [-0.2, -0.15) is 0 Å². The molecule has 9 heteroatoms. The molecule has 0 saturated heterocycles. The normalized spacial score (nSPS) is 12.3. The Morgan fingerprint density at radius 3 is 2.14 bits per heavy atom. The lowest BCUT2D eigenvalue weighted by Gasteiger charge is -2.09.